The predicted molar refractivity (Wildman–Crippen MR) is 91.3 cm³/mol. The van der Waals surface area contributed by atoms with E-state index in [1.54, 1.807) is 0 Å². The summed E-state index contributed by atoms with van der Waals surface area (Å²) in [5.74, 6) is 1.21. The van der Waals surface area contributed by atoms with Crippen LogP contribution in [0, 0.1) is 12.8 Å². The Labute approximate surface area is 142 Å². The van der Waals surface area contributed by atoms with Crippen LogP contribution in [0.1, 0.15) is 24.8 Å². The van der Waals surface area contributed by atoms with Crippen molar-refractivity contribution in [2.24, 2.45) is 5.92 Å². The van der Waals surface area contributed by atoms with Gasteiger partial charge in [-0.3, -0.25) is 4.79 Å². The molecule has 0 aromatic heterocycles. The number of hydrogen-bond acceptors (Lipinski definition) is 5. The molecular formula is C18H26N2O4. The predicted octanol–water partition coefficient (Wildman–Crippen LogP) is 1.46. The SMILES string of the molecule is Cc1ccc(NC(=O)C2CC(O)CN2)cc1OCC1CCOCC1. The highest BCUT2D eigenvalue weighted by Gasteiger charge is 2.28. The van der Waals surface area contributed by atoms with E-state index in [2.05, 4.69) is 10.6 Å². The van der Waals surface area contributed by atoms with Crippen molar-refractivity contribution in [3.63, 3.8) is 0 Å². The number of carbonyl (C=O) groups is 1. The van der Waals surface area contributed by atoms with Crippen LogP contribution in [0.2, 0.25) is 0 Å². The molecule has 2 aliphatic rings. The van der Waals surface area contributed by atoms with Crippen molar-refractivity contribution in [1.82, 2.24) is 5.32 Å². The minimum absolute atomic E-state index is 0.120. The Kier molecular flexibility index (Phi) is 5.71. The summed E-state index contributed by atoms with van der Waals surface area (Å²) in [5, 5.41) is 15.4. The Morgan fingerprint density at radius 1 is 1.42 bits per heavy atom. The molecule has 3 N–H and O–H groups in total. The first-order valence-corrected chi connectivity index (χ1v) is 8.65. The molecule has 24 heavy (non-hydrogen) atoms. The van der Waals surface area contributed by atoms with Crippen LogP contribution in [-0.2, 0) is 9.53 Å². The first-order valence-electron chi connectivity index (χ1n) is 8.65. The fraction of sp³-hybridized carbons (Fsp3) is 0.611. The minimum Gasteiger partial charge on any atom is -0.493 e. The Morgan fingerprint density at radius 3 is 2.92 bits per heavy atom. The first-order chi connectivity index (χ1) is 11.6. The molecule has 132 valence electrons. The van der Waals surface area contributed by atoms with Gasteiger partial charge in [0.05, 0.1) is 18.8 Å². The summed E-state index contributed by atoms with van der Waals surface area (Å²) in [6.07, 6.45) is 2.07. The lowest BCUT2D eigenvalue weighted by Gasteiger charge is -2.22. The van der Waals surface area contributed by atoms with Crippen molar-refractivity contribution in [2.45, 2.75) is 38.3 Å². The quantitative estimate of drug-likeness (QED) is 0.760. The van der Waals surface area contributed by atoms with Gasteiger partial charge in [0.15, 0.2) is 0 Å². The van der Waals surface area contributed by atoms with Crippen LogP contribution in [0.3, 0.4) is 0 Å². The molecule has 0 aliphatic carbocycles. The molecule has 2 fully saturated rings. The standard InChI is InChI=1S/C18H26N2O4/c1-12-2-3-14(20-18(22)16-9-15(21)10-19-16)8-17(12)24-11-13-4-6-23-7-5-13/h2-3,8,13,15-16,19,21H,4-7,9-11H2,1H3,(H,20,22). The highest BCUT2D eigenvalue weighted by molar-refractivity contribution is 5.95. The summed E-state index contributed by atoms with van der Waals surface area (Å²) in [6.45, 7) is 4.76. The molecule has 0 saturated carbocycles. The second-order valence-electron chi connectivity index (χ2n) is 6.69. The zero-order valence-corrected chi connectivity index (χ0v) is 14.1. The van der Waals surface area contributed by atoms with Gasteiger partial charge in [0.25, 0.3) is 0 Å². The Morgan fingerprint density at radius 2 is 2.21 bits per heavy atom. The van der Waals surface area contributed by atoms with Crippen molar-refractivity contribution < 1.29 is 19.4 Å². The maximum atomic E-state index is 12.2. The fourth-order valence-electron chi connectivity index (χ4n) is 3.10. The van der Waals surface area contributed by atoms with Crippen molar-refractivity contribution in [3.8, 4) is 5.75 Å². The van der Waals surface area contributed by atoms with Gasteiger partial charge < -0.3 is 25.2 Å². The number of nitrogens with one attached hydrogen (secondary N) is 2. The Hall–Kier alpha value is -1.63. The number of benzene rings is 1. The third-order valence-electron chi connectivity index (χ3n) is 4.70. The summed E-state index contributed by atoms with van der Waals surface area (Å²) in [4.78, 5) is 12.2. The normalized spacial score (nSPS) is 24.8. The first kappa shape index (κ1) is 17.2. The van der Waals surface area contributed by atoms with Gasteiger partial charge in [-0.1, -0.05) is 6.07 Å². The molecule has 2 atom stereocenters. The van der Waals surface area contributed by atoms with Crippen LogP contribution < -0.4 is 15.4 Å². The van der Waals surface area contributed by atoms with Crippen LogP contribution in [0.15, 0.2) is 18.2 Å². The second kappa shape index (κ2) is 7.96. The fourth-order valence-corrected chi connectivity index (χ4v) is 3.10. The topological polar surface area (TPSA) is 79.8 Å². The van der Waals surface area contributed by atoms with Gasteiger partial charge in [0, 0.05) is 31.5 Å². The number of aliphatic hydroxyl groups is 1. The molecule has 2 saturated heterocycles. The maximum Gasteiger partial charge on any atom is 0.241 e. The largest absolute Gasteiger partial charge is 0.493 e. The van der Waals surface area contributed by atoms with E-state index >= 15 is 0 Å². The van der Waals surface area contributed by atoms with Crippen LogP contribution in [0.25, 0.3) is 0 Å². The zero-order chi connectivity index (χ0) is 16.9. The lowest BCUT2D eigenvalue weighted by molar-refractivity contribution is -0.117. The molecule has 2 unspecified atom stereocenters. The van der Waals surface area contributed by atoms with E-state index in [9.17, 15) is 9.90 Å². The molecule has 3 rings (SSSR count). The van der Waals surface area contributed by atoms with Gasteiger partial charge in [0.1, 0.15) is 5.75 Å². The lowest BCUT2D eigenvalue weighted by atomic mass is 10.0. The van der Waals surface area contributed by atoms with Gasteiger partial charge in [-0.05, 0) is 43.7 Å². The molecule has 0 radical (unpaired) electrons. The van der Waals surface area contributed by atoms with Crippen molar-refractivity contribution >= 4 is 11.6 Å². The second-order valence-corrected chi connectivity index (χ2v) is 6.69. The Balaban J connectivity index is 1.57. The zero-order valence-electron chi connectivity index (χ0n) is 14.1. The highest BCUT2D eigenvalue weighted by atomic mass is 16.5. The van der Waals surface area contributed by atoms with E-state index in [0.29, 0.717) is 25.5 Å². The van der Waals surface area contributed by atoms with Gasteiger partial charge in [-0.2, -0.15) is 0 Å². The summed E-state index contributed by atoms with van der Waals surface area (Å²) in [7, 11) is 0. The Bertz CT molecular complexity index is 572. The molecule has 2 aliphatic heterocycles. The van der Waals surface area contributed by atoms with Crippen LogP contribution in [-0.4, -0.2) is 49.5 Å². The third-order valence-corrected chi connectivity index (χ3v) is 4.70. The monoisotopic (exact) mass is 334 g/mol. The number of rotatable bonds is 5. The average Bonchev–Trinajstić information content (AvgIpc) is 3.03. The molecule has 0 bridgehead atoms. The molecule has 6 heteroatoms. The van der Waals surface area contributed by atoms with Gasteiger partial charge >= 0.3 is 0 Å². The number of hydrogen-bond donors (Lipinski definition) is 3. The number of amides is 1. The number of carbonyl (C=O) groups excluding carboxylic acids is 1. The average molecular weight is 334 g/mol. The third kappa shape index (κ3) is 4.47. The molecule has 6 nitrogen and oxygen atoms in total. The van der Waals surface area contributed by atoms with E-state index in [0.717, 1.165) is 43.1 Å². The molecule has 0 spiro atoms. The number of anilines is 1. The number of aliphatic hydroxyl groups excluding tert-OH is 1. The smallest absolute Gasteiger partial charge is 0.241 e. The van der Waals surface area contributed by atoms with Crippen molar-refractivity contribution in [3.05, 3.63) is 23.8 Å². The van der Waals surface area contributed by atoms with Crippen LogP contribution in [0.5, 0.6) is 5.75 Å². The van der Waals surface area contributed by atoms with E-state index in [4.69, 9.17) is 9.47 Å². The van der Waals surface area contributed by atoms with Gasteiger partial charge in [0.2, 0.25) is 5.91 Å². The maximum absolute atomic E-state index is 12.2. The number of aryl methyl sites for hydroxylation is 1. The number of ether oxygens (including phenoxy) is 2. The van der Waals surface area contributed by atoms with Crippen LogP contribution >= 0.6 is 0 Å². The molecule has 1 aromatic rings. The summed E-state index contributed by atoms with van der Waals surface area (Å²) >= 11 is 0. The lowest BCUT2D eigenvalue weighted by Crippen LogP contribution is -2.35. The van der Waals surface area contributed by atoms with E-state index in [1.165, 1.54) is 0 Å². The summed E-state index contributed by atoms with van der Waals surface area (Å²) in [6, 6.07) is 5.36. The molecule has 2 heterocycles. The number of β-amino-alcohol motifs (C(OH)–C–C–N with tert-alkyl or cyclic N) is 1. The highest BCUT2D eigenvalue weighted by Crippen LogP contribution is 2.25. The van der Waals surface area contributed by atoms with Crippen molar-refractivity contribution in [2.75, 3.05) is 31.7 Å². The molecular weight excluding hydrogens is 308 g/mol. The van der Waals surface area contributed by atoms with E-state index in [1.807, 2.05) is 25.1 Å². The summed E-state index contributed by atoms with van der Waals surface area (Å²) < 4.78 is 11.3. The molecule has 1 aromatic carbocycles. The summed E-state index contributed by atoms with van der Waals surface area (Å²) in [5.41, 5.74) is 1.77. The van der Waals surface area contributed by atoms with Crippen LogP contribution in [0.4, 0.5) is 5.69 Å². The van der Waals surface area contributed by atoms with E-state index < -0.39 is 6.10 Å². The van der Waals surface area contributed by atoms with Crippen molar-refractivity contribution in [1.29, 1.82) is 0 Å². The van der Waals surface area contributed by atoms with Gasteiger partial charge in [-0.25, -0.2) is 0 Å². The minimum atomic E-state index is -0.447. The van der Waals surface area contributed by atoms with E-state index in [-0.39, 0.29) is 11.9 Å². The van der Waals surface area contributed by atoms with Gasteiger partial charge in [-0.15, -0.1) is 0 Å². The molecule has 1 amide bonds.